The summed E-state index contributed by atoms with van der Waals surface area (Å²) < 4.78 is 11.1. The van der Waals surface area contributed by atoms with Crippen LogP contribution in [0, 0.1) is 11.8 Å². The quantitative estimate of drug-likeness (QED) is 0.766. The Kier molecular flexibility index (Phi) is 4.92. The smallest absolute Gasteiger partial charge is 0.277 e. The molecule has 7 heteroatoms. The second-order valence-corrected chi connectivity index (χ2v) is 7.63. The van der Waals surface area contributed by atoms with Gasteiger partial charge in [0.15, 0.2) is 6.61 Å². The molecular weight excluding hydrogens is 338 g/mol. The van der Waals surface area contributed by atoms with Crippen molar-refractivity contribution in [2.45, 2.75) is 43.6 Å². The molecule has 0 unspecified atom stereocenters. The van der Waals surface area contributed by atoms with Gasteiger partial charge in [-0.25, -0.2) is 0 Å². The number of hydrogen-bond donors (Lipinski definition) is 1. The third-order valence-corrected chi connectivity index (χ3v) is 5.78. The Morgan fingerprint density at radius 2 is 2.12 bits per heavy atom. The molecule has 2 fully saturated rings. The number of para-hydroxylation sites is 1. The van der Waals surface area contributed by atoms with Crippen LogP contribution in [0.25, 0.3) is 0 Å². The van der Waals surface area contributed by atoms with Crippen molar-refractivity contribution in [1.82, 2.24) is 15.5 Å². The maximum Gasteiger partial charge on any atom is 0.277 e. The highest BCUT2D eigenvalue weighted by Crippen LogP contribution is 2.44. The van der Waals surface area contributed by atoms with Crippen LogP contribution >= 0.6 is 11.8 Å². The lowest BCUT2D eigenvalue weighted by Crippen LogP contribution is -2.39. The zero-order chi connectivity index (χ0) is 17.1. The largest absolute Gasteiger partial charge is 0.484 e. The van der Waals surface area contributed by atoms with Gasteiger partial charge >= 0.3 is 0 Å². The highest BCUT2D eigenvalue weighted by molar-refractivity contribution is 7.99. The summed E-state index contributed by atoms with van der Waals surface area (Å²) >= 11 is 1.27. The summed E-state index contributed by atoms with van der Waals surface area (Å²) in [6.45, 7) is 0.217. The predicted molar refractivity (Wildman–Crippen MR) is 93.2 cm³/mol. The van der Waals surface area contributed by atoms with Crippen LogP contribution in [0.4, 0.5) is 0 Å². The first-order chi connectivity index (χ1) is 12.3. The molecule has 3 atom stereocenters. The van der Waals surface area contributed by atoms with E-state index < -0.39 is 0 Å². The molecule has 6 nitrogen and oxygen atoms in total. The van der Waals surface area contributed by atoms with Crippen LogP contribution in [0.15, 0.2) is 40.0 Å². The summed E-state index contributed by atoms with van der Waals surface area (Å²) in [4.78, 5) is 12.1. The van der Waals surface area contributed by atoms with Crippen LogP contribution in [0.2, 0.25) is 0 Å². The monoisotopic (exact) mass is 359 g/mol. The zero-order valence-electron chi connectivity index (χ0n) is 13.9. The fourth-order valence-electron chi connectivity index (χ4n) is 3.81. The summed E-state index contributed by atoms with van der Waals surface area (Å²) in [7, 11) is 0. The van der Waals surface area contributed by atoms with E-state index in [0.717, 1.165) is 18.1 Å². The molecule has 2 aliphatic carbocycles. The minimum atomic E-state index is 0.0443. The lowest BCUT2D eigenvalue weighted by Gasteiger charge is -2.22. The van der Waals surface area contributed by atoms with E-state index in [2.05, 4.69) is 15.5 Å². The van der Waals surface area contributed by atoms with Gasteiger partial charge in [0.05, 0.1) is 5.75 Å². The molecule has 1 aromatic heterocycles. The van der Waals surface area contributed by atoms with E-state index in [-0.39, 0.29) is 12.5 Å². The second-order valence-electron chi connectivity index (χ2n) is 6.70. The van der Waals surface area contributed by atoms with Crippen molar-refractivity contribution in [3.63, 3.8) is 0 Å². The van der Waals surface area contributed by atoms with Gasteiger partial charge in [-0.2, -0.15) is 0 Å². The van der Waals surface area contributed by atoms with Crippen molar-refractivity contribution in [2.24, 2.45) is 11.8 Å². The van der Waals surface area contributed by atoms with Crippen molar-refractivity contribution in [2.75, 3.05) is 5.75 Å². The van der Waals surface area contributed by atoms with E-state index >= 15 is 0 Å². The summed E-state index contributed by atoms with van der Waals surface area (Å²) in [5.41, 5.74) is 0. The van der Waals surface area contributed by atoms with Gasteiger partial charge in [-0.1, -0.05) is 36.4 Å². The van der Waals surface area contributed by atoms with Crippen LogP contribution in [0.5, 0.6) is 5.75 Å². The molecule has 132 valence electrons. The van der Waals surface area contributed by atoms with Crippen molar-refractivity contribution in [3.05, 3.63) is 36.2 Å². The number of amides is 1. The maximum atomic E-state index is 12.1. The first kappa shape index (κ1) is 16.4. The van der Waals surface area contributed by atoms with E-state index in [4.69, 9.17) is 9.15 Å². The van der Waals surface area contributed by atoms with Crippen LogP contribution in [0.1, 0.15) is 31.6 Å². The van der Waals surface area contributed by atoms with Gasteiger partial charge in [0, 0.05) is 6.04 Å². The molecule has 25 heavy (non-hydrogen) atoms. The number of nitrogens with zero attached hydrogens (tertiary/aromatic N) is 2. The van der Waals surface area contributed by atoms with Crippen molar-refractivity contribution < 1.29 is 13.9 Å². The average Bonchev–Trinajstić information content (AvgIpc) is 3.36. The van der Waals surface area contributed by atoms with Gasteiger partial charge in [0.2, 0.25) is 5.91 Å². The molecular formula is C18H21N3O3S. The molecule has 2 aliphatic rings. The normalized spacial score (nSPS) is 24.4. The number of nitrogens with one attached hydrogen (secondary N) is 1. The third kappa shape index (κ3) is 4.15. The van der Waals surface area contributed by atoms with Crippen LogP contribution in [-0.2, 0) is 11.4 Å². The van der Waals surface area contributed by atoms with Crippen LogP contribution in [-0.4, -0.2) is 27.9 Å². The van der Waals surface area contributed by atoms with Crippen molar-refractivity contribution in [1.29, 1.82) is 0 Å². The molecule has 0 aliphatic heterocycles. The topological polar surface area (TPSA) is 77.2 Å². The molecule has 0 saturated heterocycles. The van der Waals surface area contributed by atoms with E-state index in [1.165, 1.54) is 31.0 Å². The number of fused-ring (bicyclic) bond motifs is 2. The van der Waals surface area contributed by atoms with Crippen LogP contribution < -0.4 is 10.1 Å². The number of benzene rings is 1. The number of carbonyl (C=O) groups excluding carboxylic acids is 1. The molecule has 0 spiro atoms. The second kappa shape index (κ2) is 7.47. The molecule has 1 N–H and O–H groups in total. The summed E-state index contributed by atoms with van der Waals surface area (Å²) in [5, 5.41) is 11.5. The minimum absolute atomic E-state index is 0.0443. The number of thioether (sulfide) groups is 1. The van der Waals surface area contributed by atoms with E-state index in [0.29, 0.717) is 28.8 Å². The lowest BCUT2D eigenvalue weighted by molar-refractivity contribution is -0.119. The Hall–Kier alpha value is -2.02. The van der Waals surface area contributed by atoms with E-state index in [1.54, 1.807) is 0 Å². The zero-order valence-corrected chi connectivity index (χ0v) is 14.7. The van der Waals surface area contributed by atoms with Gasteiger partial charge < -0.3 is 14.5 Å². The van der Waals surface area contributed by atoms with E-state index in [9.17, 15) is 4.79 Å². The highest BCUT2D eigenvalue weighted by atomic mass is 32.2. The number of rotatable bonds is 7. The fraction of sp³-hybridized carbons (Fsp3) is 0.500. The standard InChI is InChI=1S/C18H21N3O3S/c22-16(19-15-9-12-6-7-13(15)8-12)11-25-18-21-20-17(24-18)10-23-14-4-2-1-3-5-14/h1-5,12-13,15H,6-11H2,(H,19,22)/t12-,13-,15-/m1/s1. The molecule has 0 radical (unpaired) electrons. The summed E-state index contributed by atoms with van der Waals surface area (Å²) in [6, 6.07) is 9.83. The Labute approximate surface area is 150 Å². The van der Waals surface area contributed by atoms with Gasteiger partial charge in [-0.05, 0) is 43.2 Å². The Bertz CT molecular complexity index is 721. The molecule has 1 amide bonds. The maximum absolute atomic E-state index is 12.1. The molecule has 2 aromatic rings. The molecule has 2 bridgehead atoms. The van der Waals surface area contributed by atoms with Gasteiger partial charge in [0.1, 0.15) is 5.75 Å². The number of aromatic nitrogens is 2. The number of ether oxygens (including phenoxy) is 1. The summed E-state index contributed by atoms with van der Waals surface area (Å²) in [5.74, 6) is 3.01. The molecule has 1 aromatic carbocycles. The first-order valence-corrected chi connectivity index (χ1v) is 9.67. The Morgan fingerprint density at radius 1 is 1.24 bits per heavy atom. The average molecular weight is 359 g/mol. The van der Waals surface area contributed by atoms with Gasteiger partial charge in [0.25, 0.3) is 11.1 Å². The first-order valence-electron chi connectivity index (χ1n) is 8.68. The third-order valence-electron chi connectivity index (χ3n) is 4.97. The van der Waals surface area contributed by atoms with Gasteiger partial charge in [-0.15, -0.1) is 10.2 Å². The Balaban J connectivity index is 1.21. The van der Waals surface area contributed by atoms with Crippen molar-refractivity contribution >= 4 is 17.7 Å². The van der Waals surface area contributed by atoms with Crippen molar-refractivity contribution in [3.8, 4) is 5.75 Å². The highest BCUT2D eigenvalue weighted by Gasteiger charge is 2.40. The fourth-order valence-corrected chi connectivity index (χ4v) is 4.41. The molecule has 1 heterocycles. The molecule has 4 rings (SSSR count). The predicted octanol–water partition coefficient (Wildman–Crippen LogP) is 3.05. The number of carbonyl (C=O) groups is 1. The Morgan fingerprint density at radius 3 is 2.88 bits per heavy atom. The SMILES string of the molecule is O=C(CSc1nnc(COc2ccccc2)o1)N[C@@H]1C[C@@H]2CC[C@@H]1C2. The molecule has 2 saturated carbocycles. The van der Waals surface area contributed by atoms with Crippen LogP contribution in [0.3, 0.4) is 0 Å². The summed E-state index contributed by atoms with van der Waals surface area (Å²) in [6.07, 6.45) is 5.02. The van der Waals surface area contributed by atoms with Gasteiger partial charge in [-0.3, -0.25) is 4.79 Å². The van der Waals surface area contributed by atoms with E-state index in [1.807, 2.05) is 30.3 Å². The lowest BCUT2D eigenvalue weighted by atomic mass is 9.95. The minimum Gasteiger partial charge on any atom is -0.484 e. The number of hydrogen-bond acceptors (Lipinski definition) is 6.